The maximum Gasteiger partial charge on any atom is 0.418 e. The Morgan fingerprint density at radius 1 is 1.33 bits per heavy atom. The Kier molecular flexibility index (Phi) is 7.79. The molecule has 0 saturated carbocycles. The zero-order valence-electron chi connectivity index (χ0n) is 15.6. The van der Waals surface area contributed by atoms with Gasteiger partial charge in [0.05, 0.1) is 6.10 Å². The smallest absolute Gasteiger partial charge is 0.311 e. The third kappa shape index (κ3) is 6.28. The van der Waals surface area contributed by atoms with Crippen LogP contribution in [-0.2, 0) is 24.3 Å². The van der Waals surface area contributed by atoms with Gasteiger partial charge in [-0.25, -0.2) is 10.3 Å². The van der Waals surface area contributed by atoms with Gasteiger partial charge in [0, 0.05) is 19.1 Å². The minimum absolute atomic E-state index is 0.0895. The van der Waals surface area contributed by atoms with E-state index in [0.29, 0.717) is 18.9 Å². The van der Waals surface area contributed by atoms with E-state index in [1.165, 1.54) is 6.42 Å². The van der Waals surface area contributed by atoms with Crippen LogP contribution in [0.3, 0.4) is 0 Å². The van der Waals surface area contributed by atoms with Gasteiger partial charge in [0.25, 0.3) is 5.91 Å². The average molecular weight is 408 g/mol. The van der Waals surface area contributed by atoms with E-state index in [1.54, 1.807) is 12.4 Å². The second-order valence-electron chi connectivity index (χ2n) is 6.74. The van der Waals surface area contributed by atoms with Crippen molar-refractivity contribution in [2.45, 2.75) is 64.1 Å². The molecule has 0 spiro atoms. The number of carbonyl (C=O) groups excluding carboxylic acids is 2. The van der Waals surface area contributed by atoms with Crippen molar-refractivity contribution in [3.63, 3.8) is 0 Å². The molecule has 0 aromatic rings. The first kappa shape index (κ1) is 21.8. The van der Waals surface area contributed by atoms with E-state index in [0.717, 1.165) is 30.8 Å². The maximum absolute atomic E-state index is 12.6. The molecule has 2 aliphatic heterocycles. The van der Waals surface area contributed by atoms with E-state index in [9.17, 15) is 18.0 Å². The zero-order chi connectivity index (χ0) is 20.0. The summed E-state index contributed by atoms with van der Waals surface area (Å²) in [4.78, 5) is 33.7. The summed E-state index contributed by atoms with van der Waals surface area (Å²) in [5, 5.41) is 0. The van der Waals surface area contributed by atoms with Gasteiger partial charge in [0.1, 0.15) is 6.04 Å². The van der Waals surface area contributed by atoms with Crippen LogP contribution in [0.25, 0.3) is 0 Å². The minimum atomic E-state index is -4.84. The van der Waals surface area contributed by atoms with Gasteiger partial charge in [0.15, 0.2) is 0 Å². The van der Waals surface area contributed by atoms with Gasteiger partial charge in [-0.05, 0) is 39.2 Å². The molecule has 3 N–H and O–H groups in total. The number of rotatable bonds is 9. The zero-order valence-corrected chi connectivity index (χ0v) is 16.4. The fourth-order valence-electron chi connectivity index (χ4n) is 3.69. The summed E-state index contributed by atoms with van der Waals surface area (Å²) in [6, 6.07) is -1.31. The highest BCUT2D eigenvalue weighted by Gasteiger charge is 2.37. The van der Waals surface area contributed by atoms with Crippen LogP contribution in [0.1, 0.15) is 46.0 Å². The molecule has 2 unspecified atom stereocenters. The second-order valence-corrected chi connectivity index (χ2v) is 7.76. The molecule has 0 aromatic heterocycles. The average Bonchev–Trinajstić information content (AvgIpc) is 3.18. The lowest BCUT2D eigenvalue weighted by Gasteiger charge is -2.29. The summed E-state index contributed by atoms with van der Waals surface area (Å²) in [5.74, 6) is -0.493. The van der Waals surface area contributed by atoms with Crippen LogP contribution in [-0.4, -0.2) is 72.5 Å². The Morgan fingerprint density at radius 3 is 2.67 bits per heavy atom. The monoisotopic (exact) mass is 408 g/mol. The first-order valence-electron chi connectivity index (χ1n) is 9.17. The van der Waals surface area contributed by atoms with Gasteiger partial charge in [-0.3, -0.25) is 19.1 Å². The van der Waals surface area contributed by atoms with Crippen molar-refractivity contribution in [2.75, 3.05) is 19.6 Å². The lowest BCUT2D eigenvalue weighted by Crippen LogP contribution is -2.53. The van der Waals surface area contributed by atoms with Crippen molar-refractivity contribution in [2.24, 2.45) is 0 Å². The van der Waals surface area contributed by atoms with Crippen LogP contribution < -0.4 is 11.0 Å². The summed E-state index contributed by atoms with van der Waals surface area (Å²) in [6.45, 7) is 5.43. The third-order valence-corrected chi connectivity index (χ3v) is 5.17. The minimum Gasteiger partial charge on any atom is -0.311 e. The number of hydrogen-bond acceptors (Lipinski definition) is 7. The van der Waals surface area contributed by atoms with Gasteiger partial charge in [-0.2, -0.15) is 13.9 Å². The van der Waals surface area contributed by atoms with E-state index < -0.39 is 28.4 Å². The molecule has 12 heteroatoms. The molecular weight excluding hydrogens is 380 g/mol. The molecule has 11 nitrogen and oxygen atoms in total. The van der Waals surface area contributed by atoms with Crippen molar-refractivity contribution < 1.29 is 31.7 Å². The Bertz CT molecular complexity index is 618. The molecule has 3 atom stereocenters. The number of hydroxylamine groups is 2. The quantitative estimate of drug-likeness (QED) is 0.364. The lowest BCUT2D eigenvalue weighted by molar-refractivity contribution is -0.143. The lowest BCUT2D eigenvalue weighted by atomic mass is 10.1. The fraction of sp³-hybridized carbons (Fsp3) is 0.867. The van der Waals surface area contributed by atoms with E-state index >= 15 is 0 Å². The molecule has 2 aliphatic rings. The first-order valence-corrected chi connectivity index (χ1v) is 10.5. The third-order valence-electron chi connectivity index (χ3n) is 4.88. The summed E-state index contributed by atoms with van der Waals surface area (Å²) in [5.41, 5.74) is 4.06. The first-order chi connectivity index (χ1) is 12.7. The second kappa shape index (κ2) is 9.64. The van der Waals surface area contributed by atoms with Crippen LogP contribution >= 0.6 is 0 Å². The van der Waals surface area contributed by atoms with Crippen molar-refractivity contribution in [3.8, 4) is 0 Å². The van der Waals surface area contributed by atoms with Gasteiger partial charge >= 0.3 is 16.4 Å². The molecule has 3 amide bonds. The SMILES string of the molecule is CCC[C@@H](C(=O)NOC1CC2CCCN2C1)N(CC)C(=O)NOS(=O)(=O)O. The number of hydrogen-bond donors (Lipinski definition) is 3. The number of fused-ring (bicyclic) bond motifs is 1. The van der Waals surface area contributed by atoms with Gasteiger partial charge in [-0.15, -0.1) is 4.28 Å². The van der Waals surface area contributed by atoms with E-state index in [4.69, 9.17) is 9.39 Å². The molecular formula is C15H28N4O7S. The number of amides is 3. The molecule has 0 bridgehead atoms. The Hall–Kier alpha value is -1.47. The van der Waals surface area contributed by atoms with E-state index in [-0.39, 0.29) is 12.6 Å². The standard InChI is InChI=1S/C15H28N4O7S/c1-3-6-13(19(4-2)15(21)17-26-27(22,23)24)14(20)16-25-12-9-11-7-5-8-18(11)10-12/h11-13H,3-10H2,1-2H3,(H,16,20)(H,17,21)(H,22,23,24)/t11?,12?,13-/m0/s1. The van der Waals surface area contributed by atoms with Gasteiger partial charge in [-0.1, -0.05) is 13.3 Å². The Labute approximate surface area is 159 Å². The number of likely N-dealkylation sites (N-methyl/N-ethyl adjacent to an activating group) is 1. The van der Waals surface area contributed by atoms with Crippen LogP contribution in [0.15, 0.2) is 0 Å². The predicted molar refractivity (Wildman–Crippen MR) is 94.5 cm³/mol. The summed E-state index contributed by atoms with van der Waals surface area (Å²) < 4.78 is 33.7. The molecule has 2 fully saturated rings. The Morgan fingerprint density at radius 2 is 2.07 bits per heavy atom. The summed E-state index contributed by atoms with van der Waals surface area (Å²) >= 11 is 0. The molecule has 2 saturated heterocycles. The molecule has 27 heavy (non-hydrogen) atoms. The molecule has 0 radical (unpaired) electrons. The predicted octanol–water partition coefficient (Wildman–Crippen LogP) is 0.206. The molecule has 2 heterocycles. The fourth-order valence-corrected chi connectivity index (χ4v) is 3.87. The normalized spacial score (nSPS) is 23.7. The highest BCUT2D eigenvalue weighted by Crippen LogP contribution is 2.28. The van der Waals surface area contributed by atoms with Crippen molar-refractivity contribution in [1.82, 2.24) is 20.8 Å². The number of urea groups is 1. The maximum atomic E-state index is 12.6. The number of nitrogens with one attached hydrogen (secondary N) is 2. The highest BCUT2D eigenvalue weighted by molar-refractivity contribution is 7.80. The summed E-state index contributed by atoms with van der Waals surface area (Å²) in [7, 11) is -4.84. The molecule has 2 rings (SSSR count). The van der Waals surface area contributed by atoms with Crippen molar-refractivity contribution >= 4 is 22.3 Å². The van der Waals surface area contributed by atoms with Gasteiger partial charge < -0.3 is 4.90 Å². The Balaban J connectivity index is 1.90. The number of carbonyl (C=O) groups is 2. The van der Waals surface area contributed by atoms with Crippen LogP contribution in [0.2, 0.25) is 0 Å². The topological polar surface area (TPSA) is 138 Å². The van der Waals surface area contributed by atoms with E-state index in [1.807, 2.05) is 6.92 Å². The van der Waals surface area contributed by atoms with Crippen LogP contribution in [0, 0.1) is 0 Å². The van der Waals surface area contributed by atoms with Crippen molar-refractivity contribution in [1.29, 1.82) is 0 Å². The van der Waals surface area contributed by atoms with Crippen molar-refractivity contribution in [3.05, 3.63) is 0 Å². The number of nitrogens with zero attached hydrogens (tertiary/aromatic N) is 2. The van der Waals surface area contributed by atoms with Crippen LogP contribution in [0.4, 0.5) is 4.79 Å². The van der Waals surface area contributed by atoms with E-state index in [2.05, 4.69) is 14.7 Å². The highest BCUT2D eigenvalue weighted by atomic mass is 32.3. The molecule has 0 aromatic carbocycles. The van der Waals surface area contributed by atoms with Gasteiger partial charge in [0.2, 0.25) is 0 Å². The van der Waals surface area contributed by atoms with Crippen LogP contribution in [0.5, 0.6) is 0 Å². The molecule has 156 valence electrons. The largest absolute Gasteiger partial charge is 0.418 e. The summed E-state index contributed by atoms with van der Waals surface area (Å²) in [6.07, 6.45) is 4.06. The molecule has 0 aliphatic carbocycles.